The van der Waals surface area contributed by atoms with E-state index in [9.17, 15) is 9.59 Å². The molecule has 2 heterocycles. The van der Waals surface area contributed by atoms with E-state index in [0.717, 1.165) is 0 Å². The number of hydrogen-bond donors (Lipinski definition) is 1. The molecule has 0 radical (unpaired) electrons. The zero-order valence-corrected chi connectivity index (χ0v) is 13.1. The summed E-state index contributed by atoms with van der Waals surface area (Å²) in [4.78, 5) is 29.6. The number of thioether (sulfide) groups is 1. The second-order valence-corrected chi connectivity index (χ2v) is 5.79. The van der Waals surface area contributed by atoms with E-state index >= 15 is 0 Å². The Bertz CT molecular complexity index is 505. The van der Waals surface area contributed by atoms with Gasteiger partial charge in [0.15, 0.2) is 5.82 Å². The number of piperidine rings is 1. The fourth-order valence-electron chi connectivity index (χ4n) is 2.29. The third kappa shape index (κ3) is 4.20. The zero-order chi connectivity index (χ0) is 15.2. The number of nitrogens with one attached hydrogen (secondary N) is 1. The lowest BCUT2D eigenvalue weighted by atomic mass is 9.96. The maximum atomic E-state index is 12.1. The summed E-state index contributed by atoms with van der Waals surface area (Å²) in [5.74, 6) is 1.63. The predicted octanol–water partition coefficient (Wildman–Crippen LogP) is 0.807. The minimum atomic E-state index is -0.156. The van der Waals surface area contributed by atoms with E-state index in [2.05, 4.69) is 15.5 Å². The van der Waals surface area contributed by atoms with Crippen LogP contribution in [0.4, 0.5) is 0 Å². The molecule has 0 spiro atoms. The van der Waals surface area contributed by atoms with Crippen LogP contribution in [0.25, 0.3) is 0 Å². The third-order valence-electron chi connectivity index (χ3n) is 3.45. The highest BCUT2D eigenvalue weighted by atomic mass is 32.2. The molecule has 1 aliphatic heterocycles. The first-order valence-corrected chi connectivity index (χ1v) is 8.39. The first-order chi connectivity index (χ1) is 10.1. The summed E-state index contributed by atoms with van der Waals surface area (Å²) in [5, 5.41) is 6.62. The van der Waals surface area contributed by atoms with E-state index in [1.54, 1.807) is 16.7 Å². The quantitative estimate of drug-likeness (QED) is 0.836. The molecule has 1 atom stereocenters. The Kier molecular flexibility index (Phi) is 5.60. The van der Waals surface area contributed by atoms with Crippen LogP contribution in [0, 0.1) is 5.92 Å². The lowest BCUT2D eigenvalue weighted by Crippen LogP contribution is -2.45. The number of aromatic nitrogens is 2. The van der Waals surface area contributed by atoms with E-state index in [4.69, 9.17) is 4.52 Å². The Hall–Kier alpha value is -1.57. The van der Waals surface area contributed by atoms with Crippen molar-refractivity contribution in [2.75, 3.05) is 19.3 Å². The van der Waals surface area contributed by atoms with E-state index < -0.39 is 0 Å². The minimum absolute atomic E-state index is 0.0643. The molecule has 116 valence electrons. The Morgan fingerprint density at radius 1 is 1.57 bits per heavy atom. The van der Waals surface area contributed by atoms with Crippen LogP contribution < -0.4 is 5.32 Å². The number of carbonyl (C=O) groups is 2. The summed E-state index contributed by atoms with van der Waals surface area (Å²) in [6.07, 6.45) is 2.99. The molecule has 8 heteroatoms. The van der Waals surface area contributed by atoms with Gasteiger partial charge in [0.05, 0.1) is 18.2 Å². The number of hydrogen-bond acceptors (Lipinski definition) is 6. The molecular weight excluding hydrogens is 292 g/mol. The summed E-state index contributed by atoms with van der Waals surface area (Å²) in [7, 11) is 0. The Morgan fingerprint density at radius 3 is 3.10 bits per heavy atom. The van der Waals surface area contributed by atoms with Crippen molar-refractivity contribution in [1.82, 2.24) is 20.4 Å². The molecule has 0 aromatic carbocycles. The van der Waals surface area contributed by atoms with Crippen molar-refractivity contribution < 1.29 is 14.1 Å². The van der Waals surface area contributed by atoms with Crippen LogP contribution in [0.3, 0.4) is 0 Å². The summed E-state index contributed by atoms with van der Waals surface area (Å²) < 4.78 is 5.06. The van der Waals surface area contributed by atoms with Gasteiger partial charge in [-0.2, -0.15) is 16.7 Å². The van der Waals surface area contributed by atoms with Gasteiger partial charge < -0.3 is 14.7 Å². The van der Waals surface area contributed by atoms with Crippen molar-refractivity contribution in [1.29, 1.82) is 0 Å². The fraction of sp³-hybridized carbons (Fsp3) is 0.692. The lowest BCUT2D eigenvalue weighted by Gasteiger charge is -2.30. The molecule has 0 saturated carbocycles. The average Bonchev–Trinajstić information content (AvgIpc) is 2.93. The number of rotatable bonds is 6. The Morgan fingerprint density at radius 2 is 2.38 bits per heavy atom. The lowest BCUT2D eigenvalue weighted by molar-refractivity contribution is -0.138. The van der Waals surface area contributed by atoms with Crippen LogP contribution in [-0.4, -0.2) is 46.2 Å². The molecule has 0 aliphatic carbocycles. The molecule has 1 aliphatic rings. The second-order valence-electron chi connectivity index (χ2n) is 4.92. The SMILES string of the molecule is CCN1CC(C(=O)NCc2nc(CSC)no2)CCC1=O. The first kappa shape index (κ1) is 15.8. The van der Waals surface area contributed by atoms with Gasteiger partial charge in [0.25, 0.3) is 0 Å². The van der Waals surface area contributed by atoms with Crippen molar-refractivity contribution in [3.63, 3.8) is 0 Å². The molecule has 0 bridgehead atoms. The van der Waals surface area contributed by atoms with Crippen LogP contribution in [-0.2, 0) is 21.9 Å². The monoisotopic (exact) mass is 312 g/mol. The molecule has 2 amide bonds. The van der Waals surface area contributed by atoms with Gasteiger partial charge in [0, 0.05) is 19.5 Å². The fourth-order valence-corrected chi connectivity index (χ4v) is 2.67. The van der Waals surface area contributed by atoms with Gasteiger partial charge in [-0.15, -0.1) is 0 Å². The largest absolute Gasteiger partial charge is 0.347 e. The molecule has 7 nitrogen and oxygen atoms in total. The molecule has 21 heavy (non-hydrogen) atoms. The standard InChI is InChI=1S/C13H20N4O3S/c1-3-17-7-9(4-5-12(17)18)13(19)14-6-11-15-10(8-21-2)16-20-11/h9H,3-8H2,1-2H3,(H,14,19). The molecule has 1 aromatic rings. The van der Waals surface area contributed by atoms with Gasteiger partial charge in [0.2, 0.25) is 17.7 Å². The van der Waals surface area contributed by atoms with Gasteiger partial charge in [-0.05, 0) is 19.6 Å². The second kappa shape index (κ2) is 7.44. The molecule has 1 N–H and O–H groups in total. The van der Waals surface area contributed by atoms with Crippen LogP contribution in [0.15, 0.2) is 4.52 Å². The molecule has 1 unspecified atom stereocenters. The Balaban J connectivity index is 1.82. The summed E-state index contributed by atoms with van der Waals surface area (Å²) in [6.45, 7) is 3.29. The molecule has 2 rings (SSSR count). The third-order valence-corrected chi connectivity index (χ3v) is 4.00. The van der Waals surface area contributed by atoms with E-state index in [1.165, 1.54) is 0 Å². The van der Waals surface area contributed by atoms with Crippen molar-refractivity contribution >= 4 is 23.6 Å². The van der Waals surface area contributed by atoms with E-state index in [1.807, 2.05) is 13.2 Å². The maximum absolute atomic E-state index is 12.1. The van der Waals surface area contributed by atoms with Gasteiger partial charge in [0.1, 0.15) is 0 Å². The van der Waals surface area contributed by atoms with Gasteiger partial charge >= 0.3 is 0 Å². The number of nitrogens with zero attached hydrogens (tertiary/aromatic N) is 3. The van der Waals surface area contributed by atoms with E-state index in [-0.39, 0.29) is 24.3 Å². The van der Waals surface area contributed by atoms with E-state index in [0.29, 0.717) is 43.4 Å². The maximum Gasteiger partial charge on any atom is 0.246 e. The van der Waals surface area contributed by atoms with Crippen molar-refractivity contribution in [3.05, 3.63) is 11.7 Å². The molecule has 1 fully saturated rings. The summed E-state index contributed by atoms with van der Waals surface area (Å²) in [5.41, 5.74) is 0. The summed E-state index contributed by atoms with van der Waals surface area (Å²) >= 11 is 1.61. The average molecular weight is 312 g/mol. The highest BCUT2D eigenvalue weighted by molar-refractivity contribution is 7.97. The number of amides is 2. The molecule has 1 saturated heterocycles. The van der Waals surface area contributed by atoms with Crippen LogP contribution in [0.1, 0.15) is 31.5 Å². The smallest absolute Gasteiger partial charge is 0.246 e. The first-order valence-electron chi connectivity index (χ1n) is 7.00. The zero-order valence-electron chi connectivity index (χ0n) is 12.3. The topological polar surface area (TPSA) is 88.3 Å². The minimum Gasteiger partial charge on any atom is -0.347 e. The van der Waals surface area contributed by atoms with Gasteiger partial charge in [-0.25, -0.2) is 0 Å². The van der Waals surface area contributed by atoms with Crippen LogP contribution >= 0.6 is 11.8 Å². The predicted molar refractivity (Wildman–Crippen MR) is 78.3 cm³/mol. The van der Waals surface area contributed by atoms with Crippen molar-refractivity contribution in [2.45, 2.75) is 32.1 Å². The molecule has 1 aromatic heterocycles. The highest BCUT2D eigenvalue weighted by Crippen LogP contribution is 2.17. The van der Waals surface area contributed by atoms with Crippen LogP contribution in [0.5, 0.6) is 0 Å². The summed E-state index contributed by atoms with van der Waals surface area (Å²) in [6, 6.07) is 0. The van der Waals surface area contributed by atoms with Crippen molar-refractivity contribution in [2.24, 2.45) is 5.92 Å². The van der Waals surface area contributed by atoms with Crippen molar-refractivity contribution in [3.8, 4) is 0 Å². The normalized spacial score (nSPS) is 18.9. The van der Waals surface area contributed by atoms with Gasteiger partial charge in [-0.3, -0.25) is 9.59 Å². The highest BCUT2D eigenvalue weighted by Gasteiger charge is 2.29. The van der Waals surface area contributed by atoms with Crippen LogP contribution in [0.2, 0.25) is 0 Å². The number of carbonyl (C=O) groups excluding carboxylic acids is 2. The number of likely N-dealkylation sites (tertiary alicyclic amines) is 1. The molecular formula is C13H20N4O3S. The Labute approximate surface area is 127 Å². The van der Waals surface area contributed by atoms with Gasteiger partial charge in [-0.1, -0.05) is 5.16 Å².